The van der Waals surface area contributed by atoms with Crippen molar-refractivity contribution in [1.29, 1.82) is 5.26 Å². The molecule has 2 saturated heterocycles. The molecule has 0 radical (unpaired) electrons. The lowest BCUT2D eigenvalue weighted by molar-refractivity contribution is -0.144. The molecule has 1 aromatic carbocycles. The molecule has 2 aliphatic rings. The Bertz CT molecular complexity index is 620. The van der Waals surface area contributed by atoms with E-state index in [0.29, 0.717) is 31.9 Å². The number of hydrogen-bond donors (Lipinski definition) is 0. The van der Waals surface area contributed by atoms with Crippen LogP contribution in [0, 0.1) is 17.1 Å². The highest BCUT2D eigenvalue weighted by Crippen LogP contribution is 2.26. The van der Waals surface area contributed by atoms with Crippen molar-refractivity contribution in [3.8, 4) is 6.07 Å². The molecule has 0 bridgehead atoms. The van der Waals surface area contributed by atoms with Gasteiger partial charge >= 0.3 is 5.97 Å². The van der Waals surface area contributed by atoms with Gasteiger partial charge in [0, 0.05) is 32.6 Å². The second-order valence-corrected chi connectivity index (χ2v) is 5.77. The molecule has 3 rings (SSSR count). The lowest BCUT2D eigenvalue weighted by Gasteiger charge is -2.38. The third-order valence-electron chi connectivity index (χ3n) is 4.34. The zero-order chi connectivity index (χ0) is 15.7. The number of hydrogen-bond acceptors (Lipinski definition) is 5. The second-order valence-electron chi connectivity index (χ2n) is 5.77. The van der Waals surface area contributed by atoms with Gasteiger partial charge in [-0.05, 0) is 19.1 Å². The smallest absolute Gasteiger partial charge is 0.323 e. The third-order valence-corrected chi connectivity index (χ3v) is 4.34. The van der Waals surface area contributed by atoms with Crippen LogP contribution in [0.25, 0.3) is 0 Å². The van der Waals surface area contributed by atoms with Crippen LogP contribution in [0.5, 0.6) is 0 Å². The van der Waals surface area contributed by atoms with Crippen LogP contribution in [0.2, 0.25) is 0 Å². The van der Waals surface area contributed by atoms with Crippen molar-refractivity contribution in [2.45, 2.75) is 25.5 Å². The molecule has 2 heterocycles. The van der Waals surface area contributed by atoms with Crippen molar-refractivity contribution in [3.63, 3.8) is 0 Å². The fourth-order valence-corrected chi connectivity index (χ4v) is 3.20. The van der Waals surface area contributed by atoms with Gasteiger partial charge in [0.2, 0.25) is 0 Å². The normalized spacial score (nSPS) is 25.9. The third kappa shape index (κ3) is 2.64. The first-order chi connectivity index (χ1) is 10.6. The van der Waals surface area contributed by atoms with Crippen molar-refractivity contribution in [2.75, 3.05) is 31.1 Å². The highest BCUT2D eigenvalue weighted by atomic mass is 19.1. The Kier molecular flexibility index (Phi) is 3.99. The summed E-state index contributed by atoms with van der Waals surface area (Å²) in [6.45, 7) is 4.63. The first-order valence-electron chi connectivity index (χ1n) is 7.48. The molecule has 1 aromatic rings. The predicted octanol–water partition coefficient (Wildman–Crippen LogP) is 1.52. The van der Waals surface area contributed by atoms with Crippen LogP contribution in [0.15, 0.2) is 18.2 Å². The molecule has 2 fully saturated rings. The van der Waals surface area contributed by atoms with E-state index in [-0.39, 0.29) is 23.7 Å². The van der Waals surface area contributed by atoms with Crippen LogP contribution in [0.4, 0.5) is 10.1 Å². The molecular formula is C16H18FN3O2. The molecule has 5 nitrogen and oxygen atoms in total. The van der Waals surface area contributed by atoms with E-state index in [2.05, 4.69) is 4.90 Å². The Morgan fingerprint density at radius 3 is 2.64 bits per heavy atom. The summed E-state index contributed by atoms with van der Waals surface area (Å²) in [7, 11) is 0. The summed E-state index contributed by atoms with van der Waals surface area (Å²) in [6.07, 6.45) is 0.700. The second kappa shape index (κ2) is 5.93. The molecular weight excluding hydrogens is 285 g/mol. The Balaban J connectivity index is 1.69. The average Bonchev–Trinajstić information content (AvgIpc) is 2.86. The maximum absolute atomic E-state index is 13.7. The van der Waals surface area contributed by atoms with Gasteiger partial charge in [-0.2, -0.15) is 5.26 Å². The van der Waals surface area contributed by atoms with Crippen molar-refractivity contribution >= 4 is 11.7 Å². The minimum atomic E-state index is -0.490. The number of ether oxygens (including phenoxy) is 1. The standard InChI is InChI=1S/C16H18FN3O2/c1-11-9-15(16(21)22-11)20-7-5-19(6-8-20)14-4-2-3-13(17)12(14)10-18/h2-4,11,15H,5-9H2,1H3/t11-,15-/m0/s1. The number of anilines is 1. The number of benzene rings is 1. The van der Waals surface area contributed by atoms with E-state index in [9.17, 15) is 9.18 Å². The minimum Gasteiger partial charge on any atom is -0.461 e. The quantitative estimate of drug-likeness (QED) is 0.775. The Hall–Kier alpha value is -2.13. The number of rotatable bonds is 2. The number of esters is 1. The molecule has 6 heteroatoms. The maximum atomic E-state index is 13.7. The topological polar surface area (TPSA) is 56.6 Å². The average molecular weight is 303 g/mol. The van der Waals surface area contributed by atoms with Crippen LogP contribution in [0.1, 0.15) is 18.9 Å². The fourth-order valence-electron chi connectivity index (χ4n) is 3.20. The minimum absolute atomic E-state index is 0.0241. The van der Waals surface area contributed by atoms with Gasteiger partial charge in [-0.25, -0.2) is 4.39 Å². The number of carbonyl (C=O) groups is 1. The maximum Gasteiger partial charge on any atom is 0.323 e. The molecule has 0 aromatic heterocycles. The molecule has 0 aliphatic carbocycles. The Labute approximate surface area is 128 Å². The van der Waals surface area contributed by atoms with E-state index in [4.69, 9.17) is 10.00 Å². The van der Waals surface area contributed by atoms with Gasteiger partial charge < -0.3 is 9.64 Å². The van der Waals surface area contributed by atoms with Gasteiger partial charge in [0.15, 0.2) is 0 Å². The summed E-state index contributed by atoms with van der Waals surface area (Å²) in [5, 5.41) is 9.13. The number of nitriles is 1. The fraction of sp³-hybridized carbons (Fsp3) is 0.500. The van der Waals surface area contributed by atoms with E-state index < -0.39 is 5.82 Å². The van der Waals surface area contributed by atoms with Crippen molar-refractivity contribution < 1.29 is 13.9 Å². The number of halogens is 1. The van der Waals surface area contributed by atoms with Gasteiger partial charge in [-0.1, -0.05) is 6.07 Å². The first kappa shape index (κ1) is 14.8. The molecule has 0 spiro atoms. The van der Waals surface area contributed by atoms with Crippen molar-refractivity contribution in [3.05, 3.63) is 29.6 Å². The van der Waals surface area contributed by atoms with Crippen LogP contribution >= 0.6 is 0 Å². The van der Waals surface area contributed by atoms with Gasteiger partial charge in [-0.15, -0.1) is 0 Å². The van der Waals surface area contributed by atoms with Crippen LogP contribution in [-0.4, -0.2) is 49.2 Å². The van der Waals surface area contributed by atoms with E-state index in [1.165, 1.54) is 6.07 Å². The summed E-state index contributed by atoms with van der Waals surface area (Å²) >= 11 is 0. The van der Waals surface area contributed by atoms with Crippen molar-refractivity contribution in [1.82, 2.24) is 4.90 Å². The highest BCUT2D eigenvalue weighted by molar-refractivity contribution is 5.78. The lowest BCUT2D eigenvalue weighted by atomic mass is 10.1. The summed E-state index contributed by atoms with van der Waals surface area (Å²) in [5.74, 6) is -0.639. The molecule has 0 unspecified atom stereocenters. The van der Waals surface area contributed by atoms with E-state index in [0.717, 1.165) is 6.42 Å². The largest absolute Gasteiger partial charge is 0.461 e. The van der Waals surface area contributed by atoms with Gasteiger partial charge in [0.25, 0.3) is 0 Å². The molecule has 22 heavy (non-hydrogen) atoms. The molecule has 0 amide bonds. The SMILES string of the molecule is C[C@H]1C[C@H](N2CCN(c3cccc(F)c3C#N)CC2)C(=O)O1. The van der Waals surface area contributed by atoms with Crippen molar-refractivity contribution in [2.24, 2.45) is 0 Å². The molecule has 0 N–H and O–H groups in total. The summed E-state index contributed by atoms with van der Waals surface area (Å²) in [6, 6.07) is 6.46. The van der Waals surface area contributed by atoms with Crippen LogP contribution < -0.4 is 4.90 Å². The van der Waals surface area contributed by atoms with Gasteiger partial charge in [0.1, 0.15) is 29.6 Å². The number of carbonyl (C=O) groups excluding carboxylic acids is 1. The summed E-state index contributed by atoms with van der Waals surface area (Å²) < 4.78 is 18.9. The molecule has 0 saturated carbocycles. The van der Waals surface area contributed by atoms with Crippen LogP contribution in [0.3, 0.4) is 0 Å². The summed E-state index contributed by atoms with van der Waals surface area (Å²) in [5.41, 5.74) is 0.717. The number of cyclic esters (lactones) is 1. The monoisotopic (exact) mass is 303 g/mol. The Morgan fingerprint density at radius 2 is 2.05 bits per heavy atom. The van der Waals surface area contributed by atoms with Gasteiger partial charge in [0.05, 0.1) is 5.69 Å². The van der Waals surface area contributed by atoms with Crippen LogP contribution in [-0.2, 0) is 9.53 Å². The summed E-state index contributed by atoms with van der Waals surface area (Å²) in [4.78, 5) is 15.9. The number of nitrogens with zero attached hydrogens (tertiary/aromatic N) is 3. The molecule has 2 atom stereocenters. The zero-order valence-electron chi connectivity index (χ0n) is 12.5. The predicted molar refractivity (Wildman–Crippen MR) is 78.9 cm³/mol. The first-order valence-corrected chi connectivity index (χ1v) is 7.48. The molecule has 116 valence electrons. The lowest BCUT2D eigenvalue weighted by Crippen LogP contribution is -2.51. The van der Waals surface area contributed by atoms with Gasteiger partial charge in [-0.3, -0.25) is 9.69 Å². The number of piperazine rings is 1. The van der Waals surface area contributed by atoms with E-state index in [1.54, 1.807) is 12.1 Å². The zero-order valence-corrected chi connectivity index (χ0v) is 12.5. The van der Waals surface area contributed by atoms with E-state index in [1.807, 2.05) is 17.9 Å². The van der Waals surface area contributed by atoms with E-state index >= 15 is 0 Å². The highest BCUT2D eigenvalue weighted by Gasteiger charge is 2.37. The Morgan fingerprint density at radius 1 is 1.32 bits per heavy atom. The molecule has 2 aliphatic heterocycles.